The van der Waals surface area contributed by atoms with Gasteiger partial charge in [-0.05, 0) is 57.0 Å². The average molecular weight is 255 g/mol. The van der Waals surface area contributed by atoms with E-state index in [0.717, 1.165) is 18.9 Å². The maximum atomic E-state index is 13.6. The van der Waals surface area contributed by atoms with Crippen molar-refractivity contribution in [2.75, 3.05) is 7.05 Å². The second-order valence-electron chi connectivity index (χ2n) is 4.90. The van der Waals surface area contributed by atoms with E-state index in [1.54, 1.807) is 0 Å². The molecule has 3 unspecified atom stereocenters. The van der Waals surface area contributed by atoms with Crippen molar-refractivity contribution in [2.24, 2.45) is 0 Å². The Bertz CT molecular complexity index is 411. The summed E-state index contributed by atoms with van der Waals surface area (Å²) in [5.74, 6) is -0.760. The predicted octanol–water partition coefficient (Wildman–Crippen LogP) is 2.66. The Morgan fingerprint density at radius 1 is 1.39 bits per heavy atom. The van der Waals surface area contributed by atoms with E-state index in [0.29, 0.717) is 12.0 Å². The lowest BCUT2D eigenvalue weighted by molar-refractivity contribution is 0.0336. The van der Waals surface area contributed by atoms with Gasteiger partial charge in [-0.3, -0.25) is 0 Å². The quantitative estimate of drug-likeness (QED) is 0.893. The molecule has 1 aromatic rings. The second kappa shape index (κ2) is 5.76. The number of likely N-dealkylation sites (N-methyl/N-ethyl adjacent to an activating group) is 1. The van der Waals surface area contributed by atoms with Gasteiger partial charge in [0.2, 0.25) is 0 Å². The Balaban J connectivity index is 2.08. The first-order chi connectivity index (χ1) is 8.60. The van der Waals surface area contributed by atoms with Gasteiger partial charge in [0.05, 0.1) is 12.2 Å². The number of halogens is 2. The molecule has 1 heterocycles. The summed E-state index contributed by atoms with van der Waals surface area (Å²) in [5, 5.41) is 3.15. The smallest absolute Gasteiger partial charge is 0.126 e. The number of benzene rings is 1. The zero-order valence-electron chi connectivity index (χ0n) is 10.7. The first-order valence-corrected chi connectivity index (χ1v) is 6.37. The van der Waals surface area contributed by atoms with Gasteiger partial charge in [-0.1, -0.05) is 0 Å². The van der Waals surface area contributed by atoms with E-state index >= 15 is 0 Å². The first kappa shape index (κ1) is 13.4. The van der Waals surface area contributed by atoms with Crippen LogP contribution in [0, 0.1) is 11.6 Å². The first-order valence-electron chi connectivity index (χ1n) is 6.37. The number of ether oxygens (including phenoxy) is 1. The minimum absolute atomic E-state index is 0.0197. The molecule has 0 aromatic heterocycles. The van der Waals surface area contributed by atoms with Crippen molar-refractivity contribution in [3.05, 3.63) is 35.4 Å². The average Bonchev–Trinajstić information content (AvgIpc) is 2.77. The third-order valence-electron chi connectivity index (χ3n) is 3.53. The van der Waals surface area contributed by atoms with Gasteiger partial charge < -0.3 is 10.1 Å². The van der Waals surface area contributed by atoms with Gasteiger partial charge in [-0.25, -0.2) is 8.78 Å². The molecule has 0 saturated carbocycles. The topological polar surface area (TPSA) is 21.3 Å². The SMILES string of the molecule is CNC(Cc1cc(F)ccc1F)C1CCC(C)O1. The summed E-state index contributed by atoms with van der Waals surface area (Å²) in [6, 6.07) is 3.60. The lowest BCUT2D eigenvalue weighted by atomic mass is 9.99. The molecule has 0 aliphatic carbocycles. The highest BCUT2D eigenvalue weighted by Gasteiger charge is 2.29. The van der Waals surface area contributed by atoms with Gasteiger partial charge >= 0.3 is 0 Å². The predicted molar refractivity (Wildman–Crippen MR) is 66.5 cm³/mol. The van der Waals surface area contributed by atoms with Crippen molar-refractivity contribution in [1.29, 1.82) is 0 Å². The molecule has 1 aromatic carbocycles. The summed E-state index contributed by atoms with van der Waals surface area (Å²) in [6.45, 7) is 2.04. The highest BCUT2D eigenvalue weighted by molar-refractivity contribution is 5.20. The fourth-order valence-corrected chi connectivity index (χ4v) is 2.49. The van der Waals surface area contributed by atoms with E-state index in [4.69, 9.17) is 4.74 Å². The van der Waals surface area contributed by atoms with Crippen molar-refractivity contribution in [2.45, 2.75) is 44.4 Å². The largest absolute Gasteiger partial charge is 0.374 e. The molecule has 3 atom stereocenters. The summed E-state index contributed by atoms with van der Waals surface area (Å²) >= 11 is 0. The van der Waals surface area contributed by atoms with Crippen LogP contribution < -0.4 is 5.32 Å². The fraction of sp³-hybridized carbons (Fsp3) is 0.571. The second-order valence-corrected chi connectivity index (χ2v) is 4.90. The van der Waals surface area contributed by atoms with Crippen LogP contribution >= 0.6 is 0 Å². The van der Waals surface area contributed by atoms with Crippen LogP contribution in [0.5, 0.6) is 0 Å². The van der Waals surface area contributed by atoms with Crippen molar-refractivity contribution in [3.8, 4) is 0 Å². The lowest BCUT2D eigenvalue weighted by Gasteiger charge is -2.23. The van der Waals surface area contributed by atoms with E-state index in [9.17, 15) is 8.78 Å². The van der Waals surface area contributed by atoms with Crippen LogP contribution in [0.2, 0.25) is 0 Å². The van der Waals surface area contributed by atoms with Crippen LogP contribution in [-0.4, -0.2) is 25.3 Å². The molecule has 1 N–H and O–H groups in total. The Labute approximate surface area is 106 Å². The number of hydrogen-bond donors (Lipinski definition) is 1. The monoisotopic (exact) mass is 255 g/mol. The molecule has 0 radical (unpaired) electrons. The Morgan fingerprint density at radius 3 is 2.78 bits per heavy atom. The summed E-state index contributed by atoms with van der Waals surface area (Å²) in [6.07, 6.45) is 2.76. The van der Waals surface area contributed by atoms with E-state index in [1.165, 1.54) is 12.1 Å². The van der Waals surface area contributed by atoms with Crippen LogP contribution in [0.1, 0.15) is 25.3 Å². The summed E-state index contributed by atoms with van der Waals surface area (Å²) in [7, 11) is 1.83. The van der Waals surface area contributed by atoms with Gasteiger partial charge in [0, 0.05) is 6.04 Å². The molecule has 1 fully saturated rings. The van der Waals surface area contributed by atoms with E-state index in [-0.39, 0.29) is 24.1 Å². The Morgan fingerprint density at radius 2 is 2.17 bits per heavy atom. The molecule has 0 amide bonds. The fourth-order valence-electron chi connectivity index (χ4n) is 2.49. The molecular weight excluding hydrogens is 236 g/mol. The van der Waals surface area contributed by atoms with Gasteiger partial charge in [0.1, 0.15) is 11.6 Å². The van der Waals surface area contributed by atoms with Gasteiger partial charge in [0.25, 0.3) is 0 Å². The minimum atomic E-state index is -0.401. The lowest BCUT2D eigenvalue weighted by Crippen LogP contribution is -2.39. The number of hydrogen-bond acceptors (Lipinski definition) is 2. The third-order valence-corrected chi connectivity index (χ3v) is 3.53. The van der Waals surface area contributed by atoms with Crippen molar-refractivity contribution in [1.82, 2.24) is 5.32 Å². The van der Waals surface area contributed by atoms with Gasteiger partial charge in [-0.15, -0.1) is 0 Å². The standard InChI is InChI=1S/C14H19F2NO/c1-9-3-6-14(18-9)13(17-2)8-10-7-11(15)4-5-12(10)16/h4-5,7,9,13-14,17H,3,6,8H2,1-2H3. The highest BCUT2D eigenvalue weighted by atomic mass is 19.1. The maximum absolute atomic E-state index is 13.6. The van der Waals surface area contributed by atoms with E-state index < -0.39 is 5.82 Å². The highest BCUT2D eigenvalue weighted by Crippen LogP contribution is 2.24. The van der Waals surface area contributed by atoms with Crippen LogP contribution in [0.15, 0.2) is 18.2 Å². The van der Waals surface area contributed by atoms with Crippen molar-refractivity contribution < 1.29 is 13.5 Å². The molecule has 2 rings (SSSR count). The zero-order chi connectivity index (χ0) is 13.1. The van der Waals surface area contributed by atoms with Crippen molar-refractivity contribution >= 4 is 0 Å². The minimum Gasteiger partial charge on any atom is -0.374 e. The van der Waals surface area contributed by atoms with Crippen molar-refractivity contribution in [3.63, 3.8) is 0 Å². The zero-order valence-corrected chi connectivity index (χ0v) is 10.7. The summed E-state index contributed by atoms with van der Waals surface area (Å²) in [5.41, 5.74) is 0.400. The molecule has 1 aliphatic rings. The van der Waals surface area contributed by atoms with Crippen LogP contribution in [0.4, 0.5) is 8.78 Å². The molecule has 4 heteroatoms. The maximum Gasteiger partial charge on any atom is 0.126 e. The molecule has 18 heavy (non-hydrogen) atoms. The normalized spacial score (nSPS) is 25.3. The number of nitrogens with one attached hydrogen (secondary N) is 1. The van der Waals surface area contributed by atoms with E-state index in [1.807, 2.05) is 14.0 Å². The molecule has 100 valence electrons. The van der Waals surface area contributed by atoms with Crippen LogP contribution in [-0.2, 0) is 11.2 Å². The van der Waals surface area contributed by atoms with Gasteiger partial charge in [-0.2, -0.15) is 0 Å². The van der Waals surface area contributed by atoms with Crippen LogP contribution in [0.3, 0.4) is 0 Å². The summed E-state index contributed by atoms with van der Waals surface area (Å²) < 4.78 is 32.5. The Hall–Kier alpha value is -1.00. The molecule has 0 bridgehead atoms. The molecule has 2 nitrogen and oxygen atoms in total. The van der Waals surface area contributed by atoms with Crippen LogP contribution in [0.25, 0.3) is 0 Å². The van der Waals surface area contributed by atoms with Gasteiger partial charge in [0.15, 0.2) is 0 Å². The molecule has 1 saturated heterocycles. The third kappa shape index (κ3) is 3.06. The summed E-state index contributed by atoms with van der Waals surface area (Å²) in [4.78, 5) is 0. The van der Waals surface area contributed by atoms with E-state index in [2.05, 4.69) is 5.32 Å². The molecular formula is C14H19F2NO. The molecule has 1 aliphatic heterocycles. The Kier molecular flexibility index (Phi) is 4.30. The number of rotatable bonds is 4. The molecule has 0 spiro atoms.